The molecule has 3 heteroatoms. The molecule has 1 rings (SSSR count). The van der Waals surface area contributed by atoms with E-state index in [2.05, 4.69) is 0 Å². The van der Waals surface area contributed by atoms with Gasteiger partial charge < -0.3 is 9.64 Å². The van der Waals surface area contributed by atoms with E-state index < -0.39 is 6.10 Å². The Bertz CT molecular complexity index is 357. The third-order valence-electron chi connectivity index (χ3n) is 1.99. The first-order valence-corrected chi connectivity index (χ1v) is 5.20. The van der Waals surface area contributed by atoms with E-state index in [1.807, 2.05) is 49.3 Å². The van der Waals surface area contributed by atoms with Crippen LogP contribution in [-0.4, -0.2) is 30.9 Å². The summed E-state index contributed by atoms with van der Waals surface area (Å²) in [7, 11) is 3.74. The molecule has 0 aliphatic rings. The Morgan fingerprint density at radius 1 is 1.31 bits per heavy atom. The Hall–Kier alpha value is -1.77. The van der Waals surface area contributed by atoms with Gasteiger partial charge in [-0.2, -0.15) is 0 Å². The molecular formula is C13H17NO2. The number of ether oxygens (including phenoxy) is 1. The van der Waals surface area contributed by atoms with E-state index >= 15 is 0 Å². The second-order valence-corrected chi connectivity index (χ2v) is 3.75. The van der Waals surface area contributed by atoms with Crippen molar-refractivity contribution in [3.8, 4) is 5.75 Å². The average molecular weight is 219 g/mol. The van der Waals surface area contributed by atoms with E-state index in [9.17, 15) is 4.79 Å². The predicted octanol–water partition coefficient (Wildman–Crippen LogP) is 2.10. The summed E-state index contributed by atoms with van der Waals surface area (Å²) in [4.78, 5) is 13.4. The standard InChI is InChI=1S/C13H17NO2/c1-11(13(15)9-10-14(2)3)16-12-7-5-4-6-8-12/h4-11H,1-3H3/b10-9+/t11-/m1/s1. The first-order chi connectivity index (χ1) is 7.59. The number of para-hydroxylation sites is 1. The van der Waals surface area contributed by atoms with Crippen LogP contribution in [0.5, 0.6) is 5.75 Å². The van der Waals surface area contributed by atoms with Crippen molar-refractivity contribution >= 4 is 5.78 Å². The molecule has 16 heavy (non-hydrogen) atoms. The number of hydrogen-bond acceptors (Lipinski definition) is 3. The summed E-state index contributed by atoms with van der Waals surface area (Å²) in [5.74, 6) is 0.666. The summed E-state index contributed by atoms with van der Waals surface area (Å²) >= 11 is 0. The van der Waals surface area contributed by atoms with Crippen molar-refractivity contribution in [2.24, 2.45) is 0 Å². The lowest BCUT2D eigenvalue weighted by atomic mass is 10.2. The monoisotopic (exact) mass is 219 g/mol. The summed E-state index contributed by atoms with van der Waals surface area (Å²) in [6.45, 7) is 1.75. The SMILES string of the molecule is C[C@@H](Oc1ccccc1)C(=O)/C=C/N(C)C. The van der Waals surface area contributed by atoms with Crippen LogP contribution in [0, 0.1) is 0 Å². The van der Waals surface area contributed by atoms with Gasteiger partial charge in [0.2, 0.25) is 0 Å². The lowest BCUT2D eigenvalue weighted by molar-refractivity contribution is -0.120. The highest BCUT2D eigenvalue weighted by Crippen LogP contribution is 2.11. The molecule has 0 amide bonds. The predicted molar refractivity (Wildman–Crippen MR) is 64.4 cm³/mol. The van der Waals surface area contributed by atoms with E-state index in [-0.39, 0.29) is 5.78 Å². The fraction of sp³-hybridized carbons (Fsp3) is 0.308. The molecule has 0 aliphatic carbocycles. The quantitative estimate of drug-likeness (QED) is 0.710. The molecule has 86 valence electrons. The van der Waals surface area contributed by atoms with Crippen molar-refractivity contribution < 1.29 is 9.53 Å². The van der Waals surface area contributed by atoms with Gasteiger partial charge in [-0.05, 0) is 19.1 Å². The minimum absolute atomic E-state index is 0.0439. The maximum absolute atomic E-state index is 11.6. The zero-order valence-corrected chi connectivity index (χ0v) is 9.88. The molecule has 0 saturated carbocycles. The molecule has 0 radical (unpaired) electrons. The zero-order valence-electron chi connectivity index (χ0n) is 9.88. The number of carbonyl (C=O) groups excluding carboxylic acids is 1. The Morgan fingerprint density at radius 3 is 2.50 bits per heavy atom. The van der Waals surface area contributed by atoms with Crippen molar-refractivity contribution in [2.75, 3.05) is 14.1 Å². The van der Waals surface area contributed by atoms with Gasteiger partial charge in [-0.15, -0.1) is 0 Å². The number of hydrogen-bond donors (Lipinski definition) is 0. The Labute approximate surface area is 96.3 Å². The van der Waals surface area contributed by atoms with Crippen molar-refractivity contribution in [3.05, 3.63) is 42.6 Å². The summed E-state index contributed by atoms with van der Waals surface area (Å²) < 4.78 is 5.49. The Balaban J connectivity index is 2.53. The van der Waals surface area contributed by atoms with Crippen LogP contribution in [-0.2, 0) is 4.79 Å². The van der Waals surface area contributed by atoms with Crippen molar-refractivity contribution in [3.63, 3.8) is 0 Å². The number of rotatable bonds is 5. The highest BCUT2D eigenvalue weighted by molar-refractivity contribution is 5.93. The molecule has 3 nitrogen and oxygen atoms in total. The maximum atomic E-state index is 11.6. The fourth-order valence-electron chi connectivity index (χ4n) is 1.12. The van der Waals surface area contributed by atoms with Gasteiger partial charge >= 0.3 is 0 Å². The average Bonchev–Trinajstić information content (AvgIpc) is 2.27. The van der Waals surface area contributed by atoms with E-state index in [1.54, 1.807) is 13.1 Å². The van der Waals surface area contributed by atoms with Crippen LogP contribution in [0.15, 0.2) is 42.6 Å². The van der Waals surface area contributed by atoms with Crippen molar-refractivity contribution in [1.29, 1.82) is 0 Å². The van der Waals surface area contributed by atoms with Crippen molar-refractivity contribution in [1.82, 2.24) is 4.90 Å². The molecule has 1 atom stereocenters. The molecule has 1 aromatic carbocycles. The minimum atomic E-state index is -0.460. The van der Waals surface area contributed by atoms with Crippen LogP contribution in [0.1, 0.15) is 6.92 Å². The highest BCUT2D eigenvalue weighted by atomic mass is 16.5. The van der Waals surface area contributed by atoms with Gasteiger partial charge in [0.15, 0.2) is 11.9 Å². The number of carbonyl (C=O) groups is 1. The molecule has 0 aliphatic heterocycles. The highest BCUT2D eigenvalue weighted by Gasteiger charge is 2.10. The molecule has 0 fully saturated rings. The molecule has 0 aromatic heterocycles. The van der Waals surface area contributed by atoms with Gasteiger partial charge in [0.1, 0.15) is 5.75 Å². The summed E-state index contributed by atoms with van der Waals surface area (Å²) in [5.41, 5.74) is 0. The molecular weight excluding hydrogens is 202 g/mol. The lowest BCUT2D eigenvalue weighted by Gasteiger charge is -2.12. The van der Waals surface area contributed by atoms with Crippen LogP contribution in [0.2, 0.25) is 0 Å². The van der Waals surface area contributed by atoms with Crippen LogP contribution in [0.4, 0.5) is 0 Å². The molecule has 0 N–H and O–H groups in total. The number of benzene rings is 1. The normalized spacial score (nSPS) is 12.4. The molecule has 0 unspecified atom stereocenters. The topological polar surface area (TPSA) is 29.5 Å². The zero-order chi connectivity index (χ0) is 12.0. The summed E-state index contributed by atoms with van der Waals surface area (Å²) in [6, 6.07) is 9.33. The summed E-state index contributed by atoms with van der Waals surface area (Å²) in [5, 5.41) is 0. The number of ketones is 1. The van der Waals surface area contributed by atoms with Gasteiger partial charge in [0, 0.05) is 26.4 Å². The second kappa shape index (κ2) is 5.95. The van der Waals surface area contributed by atoms with E-state index in [0.717, 1.165) is 0 Å². The Kier molecular flexibility index (Phi) is 4.58. The fourth-order valence-corrected chi connectivity index (χ4v) is 1.12. The first-order valence-electron chi connectivity index (χ1n) is 5.20. The number of nitrogens with zero attached hydrogens (tertiary/aromatic N) is 1. The van der Waals surface area contributed by atoms with Gasteiger partial charge in [-0.1, -0.05) is 18.2 Å². The largest absolute Gasteiger partial charge is 0.483 e. The maximum Gasteiger partial charge on any atom is 0.197 e. The molecule has 0 heterocycles. The van der Waals surface area contributed by atoms with Gasteiger partial charge in [0.05, 0.1) is 0 Å². The third-order valence-corrected chi connectivity index (χ3v) is 1.99. The second-order valence-electron chi connectivity index (χ2n) is 3.75. The van der Waals surface area contributed by atoms with E-state index in [0.29, 0.717) is 5.75 Å². The van der Waals surface area contributed by atoms with Crippen LogP contribution in [0.3, 0.4) is 0 Å². The van der Waals surface area contributed by atoms with Crippen LogP contribution >= 0.6 is 0 Å². The lowest BCUT2D eigenvalue weighted by Crippen LogP contribution is -2.22. The molecule has 0 saturated heterocycles. The smallest absolute Gasteiger partial charge is 0.197 e. The van der Waals surface area contributed by atoms with E-state index in [4.69, 9.17) is 4.74 Å². The molecule has 1 aromatic rings. The Morgan fingerprint density at radius 2 is 1.94 bits per heavy atom. The van der Waals surface area contributed by atoms with Gasteiger partial charge in [0.25, 0.3) is 0 Å². The molecule has 0 bridgehead atoms. The van der Waals surface area contributed by atoms with Crippen LogP contribution in [0.25, 0.3) is 0 Å². The van der Waals surface area contributed by atoms with E-state index in [1.165, 1.54) is 6.08 Å². The van der Waals surface area contributed by atoms with Gasteiger partial charge in [-0.3, -0.25) is 4.79 Å². The first kappa shape index (κ1) is 12.3. The molecule has 0 spiro atoms. The minimum Gasteiger partial charge on any atom is -0.483 e. The third kappa shape index (κ3) is 4.17. The van der Waals surface area contributed by atoms with Crippen LogP contribution < -0.4 is 4.74 Å². The van der Waals surface area contributed by atoms with Gasteiger partial charge in [-0.25, -0.2) is 0 Å². The summed E-state index contributed by atoms with van der Waals surface area (Å²) in [6.07, 6.45) is 2.78. The van der Waals surface area contributed by atoms with Crippen molar-refractivity contribution in [2.45, 2.75) is 13.0 Å².